The molecule has 100 valence electrons. The molecule has 2 aromatic carbocycles. The normalized spacial score (nSPS) is 21.6. The van der Waals surface area contributed by atoms with Crippen molar-refractivity contribution in [3.63, 3.8) is 0 Å². The van der Waals surface area contributed by atoms with E-state index in [-0.39, 0.29) is 5.29 Å². The van der Waals surface area contributed by atoms with Crippen molar-refractivity contribution >= 4 is 45.8 Å². The van der Waals surface area contributed by atoms with E-state index >= 15 is 0 Å². The lowest BCUT2D eigenvalue weighted by atomic mass is 9.97. The summed E-state index contributed by atoms with van der Waals surface area (Å²) in [6.07, 6.45) is 0. The van der Waals surface area contributed by atoms with E-state index in [9.17, 15) is 0 Å². The Morgan fingerprint density at radius 1 is 0.850 bits per heavy atom. The van der Waals surface area contributed by atoms with E-state index in [2.05, 4.69) is 9.98 Å². The molecule has 2 aromatic rings. The van der Waals surface area contributed by atoms with Gasteiger partial charge in [0, 0.05) is 16.1 Å². The number of benzene rings is 2. The number of nitrogens with zero attached hydrogens (tertiary/aromatic N) is 2. The zero-order chi connectivity index (χ0) is 14.2. The number of alkyl halides is 1. The highest BCUT2D eigenvalue weighted by atomic mass is 35.5. The van der Waals surface area contributed by atoms with E-state index in [1.807, 2.05) is 42.5 Å². The molecule has 1 heterocycles. The lowest BCUT2D eigenvalue weighted by Crippen LogP contribution is -2.25. The van der Waals surface area contributed by atoms with Gasteiger partial charge in [0.2, 0.25) is 10.3 Å². The third-order valence-corrected chi connectivity index (χ3v) is 3.94. The maximum Gasteiger partial charge on any atom is 0.220 e. The molecule has 0 amide bonds. The summed E-state index contributed by atoms with van der Waals surface area (Å²) in [5.74, 6) is 0. The van der Waals surface area contributed by atoms with Crippen LogP contribution >= 0.6 is 34.8 Å². The topological polar surface area (TPSA) is 24.7 Å². The molecule has 0 radical (unpaired) electrons. The van der Waals surface area contributed by atoms with Gasteiger partial charge in [0.05, 0.1) is 5.71 Å². The molecule has 0 N–H and O–H groups in total. The molecular weight excluding hydrogens is 315 g/mol. The van der Waals surface area contributed by atoms with Gasteiger partial charge in [-0.05, 0) is 23.7 Å². The summed E-state index contributed by atoms with van der Waals surface area (Å²) in [6, 6.07) is 16.8. The SMILES string of the molecule is ClC1=NC(Cl)(c2ccccc2)C(c2ccc(Cl)cc2)=N1. The zero-order valence-corrected chi connectivity index (χ0v) is 12.5. The highest BCUT2D eigenvalue weighted by Gasteiger charge is 2.40. The first-order valence-electron chi connectivity index (χ1n) is 5.94. The molecule has 3 rings (SSSR count). The van der Waals surface area contributed by atoms with Crippen molar-refractivity contribution in [2.45, 2.75) is 5.00 Å². The standard InChI is InChI=1S/C15H9Cl3N2/c16-12-8-6-10(7-9-12)13-15(18,20-14(17)19-13)11-4-2-1-3-5-11/h1-9H. The highest BCUT2D eigenvalue weighted by Crippen LogP contribution is 2.39. The molecule has 1 aliphatic heterocycles. The molecule has 0 fully saturated rings. The molecule has 1 unspecified atom stereocenters. The number of halogens is 3. The van der Waals surface area contributed by atoms with Crippen LogP contribution in [-0.4, -0.2) is 11.0 Å². The van der Waals surface area contributed by atoms with Crippen molar-refractivity contribution in [2.75, 3.05) is 0 Å². The predicted molar refractivity (Wildman–Crippen MR) is 85.3 cm³/mol. The Labute approximate surface area is 131 Å². The summed E-state index contributed by atoms with van der Waals surface area (Å²) in [4.78, 5) is 7.47. The quantitative estimate of drug-likeness (QED) is 0.558. The van der Waals surface area contributed by atoms with Gasteiger partial charge in [-0.25, -0.2) is 9.98 Å². The number of amidine groups is 1. The van der Waals surface area contributed by atoms with Crippen LogP contribution in [-0.2, 0) is 5.00 Å². The first kappa shape index (κ1) is 13.6. The van der Waals surface area contributed by atoms with Crippen LogP contribution in [0.25, 0.3) is 0 Å². The molecule has 0 aliphatic carbocycles. The van der Waals surface area contributed by atoms with Crippen molar-refractivity contribution in [3.8, 4) is 0 Å². The Morgan fingerprint density at radius 3 is 2.15 bits per heavy atom. The van der Waals surface area contributed by atoms with Gasteiger partial charge in [0.15, 0.2) is 0 Å². The van der Waals surface area contributed by atoms with Gasteiger partial charge in [0.1, 0.15) is 0 Å². The summed E-state index contributed by atoms with van der Waals surface area (Å²) in [6.45, 7) is 0. The highest BCUT2D eigenvalue weighted by molar-refractivity contribution is 6.67. The van der Waals surface area contributed by atoms with Crippen LogP contribution < -0.4 is 0 Å². The molecule has 1 aliphatic rings. The minimum atomic E-state index is -1.09. The second kappa shape index (κ2) is 5.21. The molecule has 2 nitrogen and oxygen atoms in total. The molecule has 0 saturated carbocycles. The molecule has 1 atom stereocenters. The largest absolute Gasteiger partial charge is 0.221 e. The van der Waals surface area contributed by atoms with Crippen LogP contribution in [0.1, 0.15) is 11.1 Å². The van der Waals surface area contributed by atoms with E-state index in [1.165, 1.54) is 0 Å². The fraction of sp³-hybridized carbons (Fsp3) is 0.0667. The average Bonchev–Trinajstić information content (AvgIpc) is 2.77. The van der Waals surface area contributed by atoms with Crippen LogP contribution in [0.5, 0.6) is 0 Å². The fourth-order valence-corrected chi connectivity index (χ4v) is 2.83. The third-order valence-electron chi connectivity index (χ3n) is 3.04. The lowest BCUT2D eigenvalue weighted by molar-refractivity contribution is 0.887. The number of rotatable bonds is 2. The van der Waals surface area contributed by atoms with Crippen molar-refractivity contribution in [1.29, 1.82) is 0 Å². The summed E-state index contributed by atoms with van der Waals surface area (Å²) >= 11 is 18.6. The van der Waals surface area contributed by atoms with Crippen molar-refractivity contribution in [2.24, 2.45) is 9.98 Å². The summed E-state index contributed by atoms with van der Waals surface area (Å²) in [5, 5.41) is 0.799. The van der Waals surface area contributed by atoms with Crippen molar-refractivity contribution in [1.82, 2.24) is 0 Å². The minimum Gasteiger partial charge on any atom is -0.221 e. The first-order valence-corrected chi connectivity index (χ1v) is 7.08. The molecule has 20 heavy (non-hydrogen) atoms. The Kier molecular flexibility index (Phi) is 3.55. The fourth-order valence-electron chi connectivity index (χ4n) is 2.10. The van der Waals surface area contributed by atoms with Crippen LogP contribution in [0.15, 0.2) is 64.6 Å². The smallest absolute Gasteiger partial charge is 0.220 e. The minimum absolute atomic E-state index is 0.147. The Bertz CT molecular complexity index is 693. The summed E-state index contributed by atoms with van der Waals surface area (Å²) < 4.78 is 0. The molecule has 5 heteroatoms. The van der Waals surface area contributed by atoms with E-state index in [1.54, 1.807) is 12.1 Å². The van der Waals surface area contributed by atoms with E-state index < -0.39 is 5.00 Å². The van der Waals surface area contributed by atoms with Crippen LogP contribution in [0.2, 0.25) is 5.02 Å². The van der Waals surface area contributed by atoms with Crippen molar-refractivity contribution < 1.29 is 0 Å². The molecule has 0 saturated heterocycles. The van der Waals surface area contributed by atoms with Crippen LogP contribution in [0, 0.1) is 0 Å². The van der Waals surface area contributed by atoms with E-state index in [4.69, 9.17) is 34.8 Å². The monoisotopic (exact) mass is 322 g/mol. The van der Waals surface area contributed by atoms with E-state index in [0.29, 0.717) is 10.7 Å². The Hall–Kier alpha value is -1.35. The second-order valence-electron chi connectivity index (χ2n) is 4.34. The summed E-state index contributed by atoms with van der Waals surface area (Å²) in [7, 11) is 0. The number of hydrogen-bond donors (Lipinski definition) is 0. The van der Waals surface area contributed by atoms with Gasteiger partial charge in [-0.3, -0.25) is 0 Å². The van der Waals surface area contributed by atoms with Crippen LogP contribution in [0.3, 0.4) is 0 Å². The molecular formula is C15H9Cl3N2. The zero-order valence-electron chi connectivity index (χ0n) is 10.2. The van der Waals surface area contributed by atoms with Gasteiger partial charge >= 0.3 is 0 Å². The maximum absolute atomic E-state index is 6.70. The van der Waals surface area contributed by atoms with Gasteiger partial charge in [-0.1, -0.05) is 65.7 Å². The first-order chi connectivity index (χ1) is 9.59. The van der Waals surface area contributed by atoms with Crippen LogP contribution in [0.4, 0.5) is 0 Å². The average molecular weight is 324 g/mol. The molecule has 0 bridgehead atoms. The predicted octanol–water partition coefficient (Wildman–Crippen LogP) is 4.83. The van der Waals surface area contributed by atoms with E-state index in [0.717, 1.165) is 11.1 Å². The number of aliphatic imine (C=N–C) groups is 2. The van der Waals surface area contributed by atoms with Crippen molar-refractivity contribution in [3.05, 3.63) is 70.7 Å². The molecule has 0 spiro atoms. The lowest BCUT2D eigenvalue weighted by Gasteiger charge is -2.21. The van der Waals surface area contributed by atoms with Gasteiger partial charge in [-0.15, -0.1) is 0 Å². The van der Waals surface area contributed by atoms with Gasteiger partial charge in [0.25, 0.3) is 0 Å². The molecule has 0 aromatic heterocycles. The third kappa shape index (κ3) is 2.35. The van der Waals surface area contributed by atoms with Gasteiger partial charge < -0.3 is 0 Å². The van der Waals surface area contributed by atoms with Gasteiger partial charge in [-0.2, -0.15) is 0 Å². The maximum atomic E-state index is 6.70. The Morgan fingerprint density at radius 2 is 1.50 bits per heavy atom. The second-order valence-corrected chi connectivity index (χ2v) is 5.66. The summed E-state index contributed by atoms with van der Waals surface area (Å²) in [5.41, 5.74) is 2.27. The Balaban J connectivity index is 2.11. The number of hydrogen-bond acceptors (Lipinski definition) is 2.